The highest BCUT2D eigenvalue weighted by Crippen LogP contribution is 2.43. The van der Waals surface area contributed by atoms with Crippen LogP contribution in [0.25, 0.3) is 0 Å². The Labute approximate surface area is 491 Å². The van der Waals surface area contributed by atoms with Crippen LogP contribution in [-0.2, 0) is 32.7 Å². The van der Waals surface area contributed by atoms with E-state index in [0.29, 0.717) is 6.42 Å². The number of phosphoric ester groups is 1. The Hall–Kier alpha value is -3.59. The summed E-state index contributed by atoms with van der Waals surface area (Å²) in [5.41, 5.74) is 5.39. The zero-order valence-electron chi connectivity index (χ0n) is 51.3. The molecule has 80 heavy (non-hydrogen) atoms. The molecule has 3 N–H and O–H groups in total. The number of phosphoric acid groups is 1. The fraction of sp³-hybridized carbons (Fsp3) is 0.686. The lowest BCUT2D eigenvalue weighted by atomic mass is 10.0. The summed E-state index contributed by atoms with van der Waals surface area (Å²) >= 11 is 0. The van der Waals surface area contributed by atoms with Crippen molar-refractivity contribution in [1.29, 1.82) is 0 Å². The molecule has 0 bridgehead atoms. The van der Waals surface area contributed by atoms with Gasteiger partial charge < -0.3 is 20.1 Å². The summed E-state index contributed by atoms with van der Waals surface area (Å²) in [6.07, 6.45) is 89.9. The fourth-order valence-corrected chi connectivity index (χ4v) is 9.57. The van der Waals surface area contributed by atoms with Gasteiger partial charge in [0.2, 0.25) is 0 Å². The maximum absolute atomic E-state index is 12.7. The monoisotopic (exact) mass is 1130 g/mol. The number of carbonyl (C=O) groups excluding carboxylic acids is 2. The van der Waals surface area contributed by atoms with Crippen LogP contribution >= 0.6 is 7.82 Å². The van der Waals surface area contributed by atoms with Gasteiger partial charge in [0.1, 0.15) is 6.61 Å². The maximum Gasteiger partial charge on any atom is 0.472 e. The number of hydrogen-bond donors (Lipinski definition) is 2. The van der Waals surface area contributed by atoms with E-state index in [-0.39, 0.29) is 38.6 Å². The van der Waals surface area contributed by atoms with Gasteiger partial charge in [-0.05, 0) is 109 Å². The lowest BCUT2D eigenvalue weighted by molar-refractivity contribution is -0.161. The quantitative estimate of drug-likeness (QED) is 0.0264. The zero-order chi connectivity index (χ0) is 58.0. The van der Waals surface area contributed by atoms with E-state index in [1.165, 1.54) is 135 Å². The summed E-state index contributed by atoms with van der Waals surface area (Å²) in [7, 11) is -4.40. The highest BCUT2D eigenvalue weighted by atomic mass is 31.2. The lowest BCUT2D eigenvalue weighted by Gasteiger charge is -2.19. The highest BCUT2D eigenvalue weighted by molar-refractivity contribution is 7.47. The molecule has 0 aliphatic heterocycles. The number of ether oxygens (including phenoxy) is 2. The molecule has 0 heterocycles. The van der Waals surface area contributed by atoms with Crippen molar-refractivity contribution in [3.05, 3.63) is 122 Å². The first kappa shape index (κ1) is 76.4. The molecule has 0 aliphatic carbocycles. The Morgan fingerprint density at radius 1 is 0.388 bits per heavy atom. The van der Waals surface area contributed by atoms with Crippen molar-refractivity contribution in [3.8, 4) is 0 Å². The summed E-state index contributed by atoms with van der Waals surface area (Å²) in [6.45, 7) is 3.61. The molecule has 9 nitrogen and oxygen atoms in total. The van der Waals surface area contributed by atoms with E-state index in [2.05, 4.69) is 135 Å². The molecule has 458 valence electrons. The Morgan fingerprint density at radius 3 is 1.02 bits per heavy atom. The van der Waals surface area contributed by atoms with Crippen LogP contribution in [-0.4, -0.2) is 49.3 Å². The van der Waals surface area contributed by atoms with Crippen molar-refractivity contribution in [2.45, 2.75) is 283 Å². The summed E-state index contributed by atoms with van der Waals surface area (Å²) in [5, 5.41) is 0. The number of hydrogen-bond acceptors (Lipinski definition) is 8. The SMILES string of the molecule is CC/C=C\C/C=C\C/C=C\C/C=C\C/C=C\C/C=C\C/C=C\C/C=C\CCCCCCCCCCCCCCCCCCC(=O)OC(COC(=O)CCCCCCCCC/C=C\C/C=C\CCCCCC)COP(=O)(O)OCCN. The molecular formula is C70H120NO8P. The summed E-state index contributed by atoms with van der Waals surface area (Å²) in [5.74, 6) is -0.835. The van der Waals surface area contributed by atoms with Crippen LogP contribution in [0.1, 0.15) is 277 Å². The normalized spacial score (nSPS) is 13.8. The smallest absolute Gasteiger partial charge is 0.462 e. The lowest BCUT2D eigenvalue weighted by Crippen LogP contribution is -2.29. The molecule has 0 aromatic heterocycles. The zero-order valence-corrected chi connectivity index (χ0v) is 52.2. The fourth-order valence-electron chi connectivity index (χ4n) is 8.80. The van der Waals surface area contributed by atoms with Crippen molar-refractivity contribution in [2.24, 2.45) is 5.73 Å². The predicted octanol–water partition coefficient (Wildman–Crippen LogP) is 21.1. The van der Waals surface area contributed by atoms with Crippen molar-refractivity contribution >= 4 is 19.8 Å². The second-order valence-corrected chi connectivity index (χ2v) is 22.7. The van der Waals surface area contributed by atoms with E-state index in [1.54, 1.807) is 0 Å². The van der Waals surface area contributed by atoms with E-state index in [0.717, 1.165) is 109 Å². The molecule has 2 unspecified atom stereocenters. The first-order valence-corrected chi connectivity index (χ1v) is 34.0. The Kier molecular flexibility index (Phi) is 61.7. The number of nitrogens with two attached hydrogens (primary N) is 1. The molecule has 0 rings (SSSR count). The molecule has 0 fully saturated rings. The largest absolute Gasteiger partial charge is 0.472 e. The average Bonchev–Trinajstić information content (AvgIpc) is 3.45. The summed E-state index contributed by atoms with van der Waals surface area (Å²) < 4.78 is 33.1. The molecule has 0 saturated heterocycles. The Bertz CT molecular complexity index is 1720. The first-order chi connectivity index (χ1) is 39.3. The van der Waals surface area contributed by atoms with Gasteiger partial charge in [-0.25, -0.2) is 4.57 Å². The first-order valence-electron chi connectivity index (χ1n) is 32.5. The second-order valence-electron chi connectivity index (χ2n) is 21.2. The molecule has 0 aliphatic rings. The van der Waals surface area contributed by atoms with E-state index in [1.807, 2.05) is 0 Å². The molecule has 0 aromatic carbocycles. The molecule has 0 spiro atoms. The minimum absolute atomic E-state index is 0.0487. The molecule has 2 atom stereocenters. The Morgan fingerprint density at radius 2 is 0.688 bits per heavy atom. The van der Waals surface area contributed by atoms with Crippen molar-refractivity contribution in [2.75, 3.05) is 26.4 Å². The van der Waals surface area contributed by atoms with Crippen LogP contribution in [0.15, 0.2) is 122 Å². The van der Waals surface area contributed by atoms with Gasteiger partial charge in [-0.1, -0.05) is 277 Å². The third kappa shape index (κ3) is 63.6. The van der Waals surface area contributed by atoms with Gasteiger partial charge in [-0.3, -0.25) is 18.6 Å². The molecule has 0 saturated carbocycles. The molecular weight excluding hydrogens is 1010 g/mol. The average molecular weight is 1130 g/mol. The van der Waals surface area contributed by atoms with Crippen LogP contribution in [0.5, 0.6) is 0 Å². The molecule has 0 amide bonds. The topological polar surface area (TPSA) is 134 Å². The van der Waals surface area contributed by atoms with Crippen LogP contribution < -0.4 is 5.73 Å². The predicted molar refractivity (Wildman–Crippen MR) is 344 cm³/mol. The minimum Gasteiger partial charge on any atom is -0.462 e. The van der Waals surface area contributed by atoms with Crippen molar-refractivity contribution < 1.29 is 37.6 Å². The van der Waals surface area contributed by atoms with Gasteiger partial charge in [0.15, 0.2) is 6.10 Å². The van der Waals surface area contributed by atoms with E-state index in [4.69, 9.17) is 24.3 Å². The van der Waals surface area contributed by atoms with Crippen LogP contribution in [0.4, 0.5) is 0 Å². The van der Waals surface area contributed by atoms with Gasteiger partial charge in [0, 0.05) is 19.4 Å². The third-order valence-corrected chi connectivity index (χ3v) is 14.6. The highest BCUT2D eigenvalue weighted by Gasteiger charge is 2.26. The molecule has 0 aromatic rings. The molecule has 10 heteroatoms. The van der Waals surface area contributed by atoms with Crippen LogP contribution in [0, 0.1) is 0 Å². The van der Waals surface area contributed by atoms with E-state index in [9.17, 15) is 19.0 Å². The van der Waals surface area contributed by atoms with E-state index >= 15 is 0 Å². The summed E-state index contributed by atoms with van der Waals surface area (Å²) in [4.78, 5) is 35.2. The minimum atomic E-state index is -4.40. The summed E-state index contributed by atoms with van der Waals surface area (Å²) in [6, 6.07) is 0. The van der Waals surface area contributed by atoms with Gasteiger partial charge in [0.05, 0.1) is 13.2 Å². The van der Waals surface area contributed by atoms with E-state index < -0.39 is 26.5 Å². The van der Waals surface area contributed by atoms with Gasteiger partial charge in [-0.2, -0.15) is 0 Å². The van der Waals surface area contributed by atoms with Crippen molar-refractivity contribution in [3.63, 3.8) is 0 Å². The number of carbonyl (C=O) groups is 2. The Balaban J connectivity index is 3.88. The number of rotatable bonds is 60. The maximum atomic E-state index is 12.7. The van der Waals surface area contributed by atoms with Crippen LogP contribution in [0.2, 0.25) is 0 Å². The molecule has 0 radical (unpaired) electrons. The number of unbranched alkanes of at least 4 members (excludes halogenated alkanes) is 27. The number of allylic oxidation sites excluding steroid dienone is 20. The standard InChI is InChI=1S/C70H120NO8P/c1-3-5-7-9-11-13-15-17-19-21-23-24-25-26-27-28-29-30-31-32-33-34-35-36-37-38-39-40-41-42-43-44-45-47-49-51-53-55-57-59-61-63-70(73)79-68(67-78-80(74,75)77-65-64-71)66-76-69(72)62-60-58-56-54-52-50-48-46-22-20-18-16-14-12-10-8-6-4-2/h5,7,11,13-14,16-17,19-20,22-24,26-27,29-30,32-33,35-36,68H,3-4,6,8-10,12,15,18,21,25,28,31,34,37-67,71H2,1-2H3,(H,74,75)/b7-5-,13-11-,16-14-,19-17-,22-20-,24-23-,27-26-,30-29-,33-32-,36-35-. The van der Waals surface area contributed by atoms with Crippen molar-refractivity contribution in [1.82, 2.24) is 0 Å². The van der Waals surface area contributed by atoms with Gasteiger partial charge in [0.25, 0.3) is 0 Å². The van der Waals surface area contributed by atoms with Gasteiger partial charge in [-0.15, -0.1) is 0 Å². The third-order valence-electron chi connectivity index (χ3n) is 13.6. The van der Waals surface area contributed by atoms with Crippen LogP contribution in [0.3, 0.4) is 0 Å². The number of esters is 2. The van der Waals surface area contributed by atoms with Gasteiger partial charge >= 0.3 is 19.8 Å². The second kappa shape index (κ2) is 64.6.